The lowest BCUT2D eigenvalue weighted by Gasteiger charge is -2.22. The van der Waals surface area contributed by atoms with E-state index in [0.29, 0.717) is 19.8 Å². The number of rotatable bonds is 6. The third kappa shape index (κ3) is 4.32. The zero-order valence-electron chi connectivity index (χ0n) is 18.7. The molecule has 7 heteroatoms. The predicted octanol–water partition coefficient (Wildman–Crippen LogP) is 4.54. The monoisotopic (exact) mass is 451 g/mol. The van der Waals surface area contributed by atoms with Crippen LogP contribution in [0.5, 0.6) is 11.5 Å². The minimum atomic E-state index is 0.0217. The van der Waals surface area contributed by atoms with Gasteiger partial charge in [-0.2, -0.15) is 0 Å². The van der Waals surface area contributed by atoms with Crippen molar-refractivity contribution in [2.75, 3.05) is 45.3 Å². The molecule has 2 aliphatic rings. The van der Waals surface area contributed by atoms with Gasteiger partial charge in [0.05, 0.1) is 10.2 Å². The van der Waals surface area contributed by atoms with Crippen LogP contribution in [0.2, 0.25) is 0 Å². The van der Waals surface area contributed by atoms with Crippen molar-refractivity contribution in [3.8, 4) is 11.5 Å². The summed E-state index contributed by atoms with van der Waals surface area (Å²) in [5.74, 6) is 1.49. The van der Waals surface area contributed by atoms with Crippen molar-refractivity contribution in [3.05, 3.63) is 47.0 Å². The van der Waals surface area contributed by atoms with Crippen LogP contribution in [0.3, 0.4) is 0 Å². The van der Waals surface area contributed by atoms with Crippen molar-refractivity contribution in [2.45, 2.75) is 32.1 Å². The Morgan fingerprint density at radius 1 is 1.00 bits per heavy atom. The van der Waals surface area contributed by atoms with Gasteiger partial charge in [0.15, 0.2) is 16.6 Å². The van der Waals surface area contributed by atoms with E-state index in [1.807, 2.05) is 23.1 Å². The normalized spacial score (nSPS) is 15.1. The van der Waals surface area contributed by atoms with Gasteiger partial charge in [0.2, 0.25) is 0 Å². The molecule has 0 unspecified atom stereocenters. The van der Waals surface area contributed by atoms with Crippen molar-refractivity contribution in [1.29, 1.82) is 0 Å². The highest BCUT2D eigenvalue weighted by atomic mass is 32.1. The Morgan fingerprint density at radius 3 is 2.53 bits per heavy atom. The Labute approximate surface area is 192 Å². The maximum atomic E-state index is 13.7. The number of hydrogen-bond donors (Lipinski definition) is 0. The SMILES string of the molecule is CN(C)CCCN(C(=O)c1ccc2c(c1)CCCC2)c1nc2cc3c(cc2s1)OCCO3. The van der Waals surface area contributed by atoms with Crippen LogP contribution in [-0.4, -0.2) is 56.2 Å². The van der Waals surface area contributed by atoms with Crippen molar-refractivity contribution >= 4 is 32.6 Å². The molecule has 5 rings (SSSR count). The molecule has 6 nitrogen and oxygen atoms in total. The summed E-state index contributed by atoms with van der Waals surface area (Å²) in [5.41, 5.74) is 4.30. The summed E-state index contributed by atoms with van der Waals surface area (Å²) in [7, 11) is 4.11. The summed E-state index contributed by atoms with van der Waals surface area (Å²) in [6.45, 7) is 2.64. The second-order valence-electron chi connectivity index (χ2n) is 8.76. The molecular weight excluding hydrogens is 422 g/mol. The van der Waals surface area contributed by atoms with Gasteiger partial charge in [-0.3, -0.25) is 9.69 Å². The Kier molecular flexibility index (Phi) is 6.02. The van der Waals surface area contributed by atoms with E-state index in [0.717, 1.165) is 58.2 Å². The molecule has 0 N–H and O–H groups in total. The van der Waals surface area contributed by atoms with Crippen LogP contribution in [0.4, 0.5) is 5.13 Å². The number of fused-ring (bicyclic) bond motifs is 3. The second kappa shape index (κ2) is 9.08. The molecule has 3 aromatic rings. The molecule has 0 radical (unpaired) electrons. The van der Waals surface area contributed by atoms with Gasteiger partial charge in [-0.1, -0.05) is 17.4 Å². The van der Waals surface area contributed by atoms with Crippen LogP contribution < -0.4 is 14.4 Å². The molecular formula is C25H29N3O3S. The Hall–Kier alpha value is -2.64. The van der Waals surface area contributed by atoms with Crippen LogP contribution in [0.15, 0.2) is 30.3 Å². The van der Waals surface area contributed by atoms with Crippen molar-refractivity contribution < 1.29 is 14.3 Å². The van der Waals surface area contributed by atoms with E-state index in [4.69, 9.17) is 14.5 Å². The van der Waals surface area contributed by atoms with E-state index in [-0.39, 0.29) is 5.91 Å². The topological polar surface area (TPSA) is 54.9 Å². The highest BCUT2D eigenvalue weighted by Crippen LogP contribution is 2.39. The van der Waals surface area contributed by atoms with Crippen molar-refractivity contribution in [2.24, 2.45) is 0 Å². The number of nitrogens with zero attached hydrogens (tertiary/aromatic N) is 3. The number of aromatic nitrogens is 1. The van der Waals surface area contributed by atoms with Crippen LogP contribution in [-0.2, 0) is 12.8 Å². The van der Waals surface area contributed by atoms with Gasteiger partial charge in [0.25, 0.3) is 5.91 Å². The number of ether oxygens (including phenoxy) is 2. The molecule has 0 spiro atoms. The van der Waals surface area contributed by atoms with Gasteiger partial charge in [-0.05, 0) is 76.0 Å². The van der Waals surface area contributed by atoms with Gasteiger partial charge in [0, 0.05) is 24.2 Å². The highest BCUT2D eigenvalue weighted by molar-refractivity contribution is 7.22. The standard InChI is InChI=1S/C25H29N3O3S/c1-27(2)10-5-11-28(24(29)19-9-8-17-6-3-4-7-18(17)14-19)25-26-20-15-21-22(16-23(20)32-25)31-13-12-30-21/h8-9,14-16H,3-7,10-13H2,1-2H3. The van der Waals surface area contributed by atoms with Crippen LogP contribution in [0.25, 0.3) is 10.2 Å². The van der Waals surface area contributed by atoms with Crippen molar-refractivity contribution in [3.63, 3.8) is 0 Å². The van der Waals surface area contributed by atoms with Gasteiger partial charge < -0.3 is 14.4 Å². The molecule has 1 amide bonds. The molecule has 2 heterocycles. The first-order chi connectivity index (χ1) is 15.6. The summed E-state index contributed by atoms with van der Waals surface area (Å²) in [6, 6.07) is 10.1. The van der Waals surface area contributed by atoms with Crippen LogP contribution >= 0.6 is 11.3 Å². The fourth-order valence-corrected chi connectivity index (χ4v) is 5.42. The first kappa shape index (κ1) is 21.2. The molecule has 1 aliphatic heterocycles. The number of amides is 1. The zero-order valence-corrected chi connectivity index (χ0v) is 19.5. The third-order valence-corrected chi connectivity index (χ3v) is 7.14. The van der Waals surface area contributed by atoms with Gasteiger partial charge in [-0.15, -0.1) is 0 Å². The number of hydrogen-bond acceptors (Lipinski definition) is 6. The number of aryl methyl sites for hydroxylation is 2. The predicted molar refractivity (Wildman–Crippen MR) is 129 cm³/mol. The van der Waals surface area contributed by atoms with Gasteiger partial charge in [-0.25, -0.2) is 4.98 Å². The number of carbonyl (C=O) groups excluding carboxylic acids is 1. The summed E-state index contributed by atoms with van der Waals surface area (Å²) in [4.78, 5) is 22.5. The first-order valence-corrected chi connectivity index (χ1v) is 12.2. The largest absolute Gasteiger partial charge is 0.486 e. The minimum absolute atomic E-state index is 0.0217. The van der Waals surface area contributed by atoms with E-state index >= 15 is 0 Å². The lowest BCUT2D eigenvalue weighted by atomic mass is 9.90. The van der Waals surface area contributed by atoms with E-state index < -0.39 is 0 Å². The molecule has 0 saturated heterocycles. The first-order valence-electron chi connectivity index (χ1n) is 11.4. The number of anilines is 1. The molecule has 168 valence electrons. The molecule has 0 fully saturated rings. The zero-order chi connectivity index (χ0) is 22.1. The molecule has 1 aliphatic carbocycles. The molecule has 0 atom stereocenters. The average Bonchev–Trinajstić information content (AvgIpc) is 3.21. The van der Waals surface area contributed by atoms with Crippen LogP contribution in [0, 0.1) is 0 Å². The number of benzene rings is 2. The quantitative estimate of drug-likeness (QED) is 0.551. The van der Waals surface area contributed by atoms with Gasteiger partial charge >= 0.3 is 0 Å². The van der Waals surface area contributed by atoms with E-state index in [9.17, 15) is 4.79 Å². The summed E-state index contributed by atoms with van der Waals surface area (Å²) < 4.78 is 12.4. The fraction of sp³-hybridized carbons (Fsp3) is 0.440. The van der Waals surface area contributed by atoms with E-state index in [1.165, 1.54) is 35.3 Å². The fourth-order valence-electron chi connectivity index (χ4n) is 4.42. The minimum Gasteiger partial charge on any atom is -0.486 e. The average molecular weight is 452 g/mol. The molecule has 32 heavy (non-hydrogen) atoms. The number of thiazole rings is 1. The maximum absolute atomic E-state index is 13.7. The van der Waals surface area contributed by atoms with Crippen LogP contribution in [0.1, 0.15) is 40.7 Å². The summed E-state index contributed by atoms with van der Waals surface area (Å²) in [5, 5.41) is 0.726. The molecule has 2 aromatic carbocycles. The van der Waals surface area contributed by atoms with Gasteiger partial charge in [0.1, 0.15) is 13.2 Å². The van der Waals surface area contributed by atoms with E-state index in [1.54, 1.807) is 0 Å². The summed E-state index contributed by atoms with van der Waals surface area (Å²) >= 11 is 1.53. The lowest BCUT2D eigenvalue weighted by Crippen LogP contribution is -2.33. The third-order valence-electron chi connectivity index (χ3n) is 6.10. The molecule has 1 aromatic heterocycles. The maximum Gasteiger partial charge on any atom is 0.260 e. The highest BCUT2D eigenvalue weighted by Gasteiger charge is 2.24. The van der Waals surface area contributed by atoms with Crippen molar-refractivity contribution in [1.82, 2.24) is 9.88 Å². The Bertz CT molecular complexity index is 1100. The summed E-state index contributed by atoms with van der Waals surface area (Å²) in [6.07, 6.45) is 5.49. The Balaban J connectivity index is 1.48. The molecule has 0 saturated carbocycles. The number of carbonyl (C=O) groups is 1. The lowest BCUT2D eigenvalue weighted by molar-refractivity contribution is 0.0986. The Morgan fingerprint density at radius 2 is 1.75 bits per heavy atom. The molecule has 0 bridgehead atoms. The smallest absolute Gasteiger partial charge is 0.260 e. The van der Waals surface area contributed by atoms with E-state index in [2.05, 4.69) is 31.1 Å². The second-order valence-corrected chi connectivity index (χ2v) is 9.77.